The molecule has 0 amide bonds. The molecule has 27 heavy (non-hydrogen) atoms. The molecule has 0 aliphatic rings. The van der Waals surface area contributed by atoms with Gasteiger partial charge in [-0.15, -0.1) is 0 Å². The SMILES string of the molecule is CCNC(=NCc1ccccc1)NCc1nc(-c2ccc(OC)cc2)n[nH]1. The van der Waals surface area contributed by atoms with Gasteiger partial charge in [0.25, 0.3) is 0 Å². The molecule has 140 valence electrons. The molecule has 0 saturated heterocycles. The quantitative estimate of drug-likeness (QED) is 0.443. The minimum atomic E-state index is 0.504. The summed E-state index contributed by atoms with van der Waals surface area (Å²) in [5.41, 5.74) is 2.10. The van der Waals surface area contributed by atoms with Crippen LogP contribution in [0.1, 0.15) is 18.3 Å². The molecule has 3 rings (SSSR count). The molecule has 7 heteroatoms. The molecule has 0 atom stereocenters. The minimum absolute atomic E-state index is 0.504. The summed E-state index contributed by atoms with van der Waals surface area (Å²) < 4.78 is 5.17. The van der Waals surface area contributed by atoms with Gasteiger partial charge in [0.05, 0.1) is 20.2 Å². The highest BCUT2D eigenvalue weighted by molar-refractivity contribution is 5.79. The Morgan fingerprint density at radius 1 is 1.07 bits per heavy atom. The van der Waals surface area contributed by atoms with Crippen LogP contribution in [0.4, 0.5) is 0 Å². The van der Waals surface area contributed by atoms with E-state index in [0.717, 1.165) is 35.2 Å². The zero-order valence-electron chi connectivity index (χ0n) is 15.6. The van der Waals surface area contributed by atoms with E-state index >= 15 is 0 Å². The van der Waals surface area contributed by atoms with Crippen molar-refractivity contribution in [3.05, 3.63) is 66.0 Å². The van der Waals surface area contributed by atoms with Gasteiger partial charge in [-0.1, -0.05) is 30.3 Å². The lowest BCUT2D eigenvalue weighted by Gasteiger charge is -2.09. The van der Waals surface area contributed by atoms with E-state index in [4.69, 9.17) is 4.74 Å². The third-order valence-electron chi connectivity index (χ3n) is 3.91. The number of hydrogen-bond donors (Lipinski definition) is 3. The fourth-order valence-electron chi connectivity index (χ4n) is 2.51. The van der Waals surface area contributed by atoms with Gasteiger partial charge in [0.1, 0.15) is 11.6 Å². The Balaban J connectivity index is 1.61. The van der Waals surface area contributed by atoms with E-state index in [1.807, 2.05) is 49.4 Å². The van der Waals surface area contributed by atoms with E-state index < -0.39 is 0 Å². The monoisotopic (exact) mass is 364 g/mol. The first-order chi connectivity index (χ1) is 13.3. The first kappa shape index (κ1) is 18.4. The van der Waals surface area contributed by atoms with Crippen LogP contribution in [0.5, 0.6) is 5.75 Å². The zero-order chi connectivity index (χ0) is 18.9. The van der Waals surface area contributed by atoms with Gasteiger partial charge in [0.15, 0.2) is 11.8 Å². The van der Waals surface area contributed by atoms with Crippen molar-refractivity contribution in [2.45, 2.75) is 20.0 Å². The van der Waals surface area contributed by atoms with Gasteiger partial charge in [-0.2, -0.15) is 5.10 Å². The second-order valence-corrected chi connectivity index (χ2v) is 5.87. The van der Waals surface area contributed by atoms with Crippen molar-refractivity contribution in [1.82, 2.24) is 25.8 Å². The second-order valence-electron chi connectivity index (χ2n) is 5.87. The van der Waals surface area contributed by atoms with Crippen LogP contribution in [0, 0.1) is 0 Å². The number of nitrogens with one attached hydrogen (secondary N) is 3. The summed E-state index contributed by atoms with van der Waals surface area (Å²) in [5, 5.41) is 13.8. The van der Waals surface area contributed by atoms with Crippen molar-refractivity contribution in [2.75, 3.05) is 13.7 Å². The summed E-state index contributed by atoms with van der Waals surface area (Å²) in [6, 6.07) is 17.8. The number of benzene rings is 2. The van der Waals surface area contributed by atoms with E-state index in [1.54, 1.807) is 7.11 Å². The summed E-state index contributed by atoms with van der Waals surface area (Å²) in [6.07, 6.45) is 0. The fourth-order valence-corrected chi connectivity index (χ4v) is 2.51. The smallest absolute Gasteiger partial charge is 0.191 e. The highest BCUT2D eigenvalue weighted by atomic mass is 16.5. The largest absolute Gasteiger partial charge is 0.497 e. The average Bonchev–Trinajstić information content (AvgIpc) is 3.20. The number of aromatic amines is 1. The van der Waals surface area contributed by atoms with E-state index in [-0.39, 0.29) is 0 Å². The number of methoxy groups -OCH3 is 1. The Hall–Kier alpha value is -3.35. The van der Waals surface area contributed by atoms with Crippen LogP contribution in [-0.2, 0) is 13.1 Å². The molecule has 3 N–H and O–H groups in total. The first-order valence-electron chi connectivity index (χ1n) is 8.90. The molecule has 0 spiro atoms. The van der Waals surface area contributed by atoms with Crippen LogP contribution in [-0.4, -0.2) is 34.8 Å². The number of rotatable bonds is 7. The topological polar surface area (TPSA) is 87.2 Å². The number of aliphatic imine (C=N–C) groups is 1. The number of hydrogen-bond acceptors (Lipinski definition) is 4. The van der Waals surface area contributed by atoms with Gasteiger partial charge in [-0.25, -0.2) is 9.98 Å². The summed E-state index contributed by atoms with van der Waals surface area (Å²) in [6.45, 7) is 3.94. The van der Waals surface area contributed by atoms with E-state index in [1.165, 1.54) is 0 Å². The molecule has 3 aromatic rings. The maximum absolute atomic E-state index is 5.17. The molecule has 0 saturated carbocycles. The number of guanidine groups is 1. The van der Waals surface area contributed by atoms with Crippen LogP contribution in [0.3, 0.4) is 0 Å². The van der Waals surface area contributed by atoms with E-state index in [9.17, 15) is 0 Å². The van der Waals surface area contributed by atoms with Crippen LogP contribution in [0.15, 0.2) is 59.6 Å². The number of ether oxygens (including phenoxy) is 1. The van der Waals surface area contributed by atoms with Gasteiger partial charge in [-0.3, -0.25) is 5.10 Å². The van der Waals surface area contributed by atoms with E-state index in [2.05, 4.69) is 42.9 Å². The van der Waals surface area contributed by atoms with Crippen molar-refractivity contribution in [3.63, 3.8) is 0 Å². The van der Waals surface area contributed by atoms with Crippen molar-refractivity contribution < 1.29 is 4.74 Å². The molecule has 0 aliphatic heterocycles. The molecule has 1 heterocycles. The Labute approximate surface area is 158 Å². The van der Waals surface area contributed by atoms with Gasteiger partial charge in [0.2, 0.25) is 0 Å². The average molecular weight is 364 g/mol. The summed E-state index contributed by atoms with van der Waals surface area (Å²) in [7, 11) is 1.65. The lowest BCUT2D eigenvalue weighted by atomic mass is 10.2. The predicted molar refractivity (Wildman–Crippen MR) is 106 cm³/mol. The summed E-state index contributed by atoms with van der Waals surface area (Å²) in [5.74, 6) is 2.94. The van der Waals surface area contributed by atoms with Crippen LogP contribution in [0.25, 0.3) is 11.4 Å². The Kier molecular flexibility index (Phi) is 6.40. The standard InChI is InChI=1S/C20H24N6O/c1-3-21-20(22-13-15-7-5-4-6-8-15)23-14-18-24-19(26-25-18)16-9-11-17(27-2)12-10-16/h4-12H,3,13-14H2,1-2H3,(H2,21,22,23)(H,24,25,26). The number of nitrogens with zero attached hydrogens (tertiary/aromatic N) is 3. The summed E-state index contributed by atoms with van der Waals surface area (Å²) >= 11 is 0. The Bertz CT molecular complexity index is 858. The van der Waals surface area contributed by atoms with Crippen molar-refractivity contribution in [2.24, 2.45) is 4.99 Å². The summed E-state index contributed by atoms with van der Waals surface area (Å²) in [4.78, 5) is 9.13. The highest BCUT2D eigenvalue weighted by Gasteiger charge is 2.07. The molecule has 0 aliphatic carbocycles. The number of aromatic nitrogens is 3. The second kappa shape index (κ2) is 9.38. The highest BCUT2D eigenvalue weighted by Crippen LogP contribution is 2.18. The number of H-pyrrole nitrogens is 1. The van der Waals surface area contributed by atoms with Crippen LogP contribution >= 0.6 is 0 Å². The van der Waals surface area contributed by atoms with E-state index in [0.29, 0.717) is 18.9 Å². The molecule has 2 aromatic carbocycles. The maximum atomic E-state index is 5.17. The molecule has 0 bridgehead atoms. The third kappa shape index (κ3) is 5.31. The van der Waals surface area contributed by atoms with Crippen molar-refractivity contribution in [1.29, 1.82) is 0 Å². The maximum Gasteiger partial charge on any atom is 0.191 e. The normalized spacial score (nSPS) is 11.3. The zero-order valence-corrected chi connectivity index (χ0v) is 15.6. The minimum Gasteiger partial charge on any atom is -0.497 e. The van der Waals surface area contributed by atoms with Gasteiger partial charge in [-0.05, 0) is 36.8 Å². The fraction of sp³-hybridized carbons (Fsp3) is 0.250. The van der Waals surface area contributed by atoms with Gasteiger partial charge in [0, 0.05) is 12.1 Å². The molecule has 0 radical (unpaired) electrons. The molecular weight excluding hydrogens is 340 g/mol. The van der Waals surface area contributed by atoms with Crippen molar-refractivity contribution >= 4 is 5.96 Å². The Morgan fingerprint density at radius 3 is 2.56 bits per heavy atom. The lowest BCUT2D eigenvalue weighted by molar-refractivity contribution is 0.415. The third-order valence-corrected chi connectivity index (χ3v) is 3.91. The predicted octanol–water partition coefficient (Wildman–Crippen LogP) is 2.74. The molecule has 0 unspecified atom stereocenters. The van der Waals surface area contributed by atoms with Crippen LogP contribution < -0.4 is 15.4 Å². The van der Waals surface area contributed by atoms with Crippen LogP contribution in [0.2, 0.25) is 0 Å². The molecule has 7 nitrogen and oxygen atoms in total. The molecular formula is C20H24N6O. The van der Waals surface area contributed by atoms with Gasteiger partial charge < -0.3 is 15.4 Å². The molecule has 0 fully saturated rings. The van der Waals surface area contributed by atoms with Gasteiger partial charge >= 0.3 is 0 Å². The molecule has 1 aromatic heterocycles. The van der Waals surface area contributed by atoms with Crippen molar-refractivity contribution in [3.8, 4) is 17.1 Å². The Morgan fingerprint density at radius 2 is 1.85 bits per heavy atom. The first-order valence-corrected chi connectivity index (χ1v) is 8.90. The lowest BCUT2D eigenvalue weighted by Crippen LogP contribution is -2.37.